The number of hydrogen-bond donors (Lipinski definition) is 3. The molecule has 3 amide bonds. The molecule has 4 rings (SSSR count). The second-order valence-electron chi connectivity index (χ2n) is 9.35. The lowest BCUT2D eigenvalue weighted by molar-refractivity contribution is -0.138. The minimum Gasteiger partial charge on any atom is -0.494 e. The summed E-state index contributed by atoms with van der Waals surface area (Å²) in [5.74, 6) is -0.792. The molecule has 0 spiro atoms. The molecule has 41 heavy (non-hydrogen) atoms. The Balaban J connectivity index is 1.56. The highest BCUT2D eigenvalue weighted by atomic mass is 16.5. The van der Waals surface area contributed by atoms with Gasteiger partial charge in [-0.25, -0.2) is 4.79 Å². The van der Waals surface area contributed by atoms with Gasteiger partial charge in [0, 0.05) is 31.1 Å². The summed E-state index contributed by atoms with van der Waals surface area (Å²) in [6.45, 7) is 3.35. The Morgan fingerprint density at radius 2 is 1.66 bits per heavy atom. The Morgan fingerprint density at radius 3 is 2.34 bits per heavy atom. The van der Waals surface area contributed by atoms with E-state index in [1.807, 2.05) is 66.4 Å². The fraction of sp³-hybridized carbons (Fsp3) is 0.156. The number of aryl methyl sites for hydroxylation is 1. The third-order valence-electron chi connectivity index (χ3n) is 6.51. The van der Waals surface area contributed by atoms with E-state index in [1.54, 1.807) is 48.8 Å². The monoisotopic (exact) mass is 552 g/mol. The first kappa shape index (κ1) is 28.7. The molecule has 0 fully saturated rings. The number of nitrogens with one attached hydrogen (secondary N) is 2. The molecule has 1 atom stereocenters. The largest absolute Gasteiger partial charge is 0.494 e. The van der Waals surface area contributed by atoms with Crippen molar-refractivity contribution < 1.29 is 24.2 Å². The molecule has 3 aromatic carbocycles. The molecule has 0 aliphatic carbocycles. The van der Waals surface area contributed by atoms with Crippen LogP contribution in [0.1, 0.15) is 30.5 Å². The number of para-hydroxylation sites is 1. The zero-order valence-corrected chi connectivity index (χ0v) is 23.1. The molecule has 1 aliphatic rings. The van der Waals surface area contributed by atoms with Crippen LogP contribution in [0.25, 0.3) is 0 Å². The smallest absolute Gasteiger partial charge is 0.323 e. The topological polar surface area (TPSA) is 111 Å². The van der Waals surface area contributed by atoms with Crippen LogP contribution in [-0.2, 0) is 9.59 Å². The number of ether oxygens (including phenoxy) is 1. The molecular formula is C32H32N4O5. The summed E-state index contributed by atoms with van der Waals surface area (Å²) < 4.78 is 5.54. The molecule has 210 valence electrons. The number of carboxylic acid groups (broad SMARTS) is 1. The number of aliphatic carboxylic acids is 1. The van der Waals surface area contributed by atoms with Crippen LogP contribution in [0.4, 0.5) is 21.9 Å². The summed E-state index contributed by atoms with van der Waals surface area (Å²) in [6.07, 6.45) is 8.74. The average molecular weight is 553 g/mol. The zero-order valence-electron chi connectivity index (χ0n) is 23.1. The Morgan fingerprint density at radius 1 is 0.951 bits per heavy atom. The van der Waals surface area contributed by atoms with Crippen LogP contribution in [0.3, 0.4) is 0 Å². The van der Waals surface area contributed by atoms with Crippen molar-refractivity contribution in [1.82, 2.24) is 4.90 Å². The number of carboxylic acids is 1. The number of amides is 3. The number of methoxy groups -OCH3 is 1. The van der Waals surface area contributed by atoms with Crippen molar-refractivity contribution in [1.29, 1.82) is 0 Å². The van der Waals surface area contributed by atoms with Crippen LogP contribution in [-0.4, -0.2) is 35.0 Å². The van der Waals surface area contributed by atoms with E-state index in [9.17, 15) is 19.5 Å². The summed E-state index contributed by atoms with van der Waals surface area (Å²) in [4.78, 5) is 40.5. The normalized spacial score (nSPS) is 13.0. The van der Waals surface area contributed by atoms with Crippen molar-refractivity contribution in [2.75, 3.05) is 22.6 Å². The van der Waals surface area contributed by atoms with Gasteiger partial charge in [0.1, 0.15) is 5.75 Å². The Kier molecular flexibility index (Phi) is 9.21. The van der Waals surface area contributed by atoms with Gasteiger partial charge in [0.15, 0.2) is 0 Å². The van der Waals surface area contributed by atoms with Crippen LogP contribution in [0, 0.1) is 6.92 Å². The molecule has 3 N–H and O–H groups in total. The minimum absolute atomic E-state index is 0.104. The van der Waals surface area contributed by atoms with E-state index >= 15 is 0 Å². The summed E-state index contributed by atoms with van der Waals surface area (Å²) in [6, 6.07) is 21.0. The molecule has 0 saturated heterocycles. The number of anilines is 3. The number of carbonyl (C=O) groups excluding carboxylic acids is 2. The van der Waals surface area contributed by atoms with Gasteiger partial charge in [0.25, 0.3) is 0 Å². The molecule has 9 nitrogen and oxygen atoms in total. The Hall–Kier alpha value is -5.31. The average Bonchev–Trinajstić information content (AvgIpc) is 3.20. The van der Waals surface area contributed by atoms with Gasteiger partial charge >= 0.3 is 12.0 Å². The summed E-state index contributed by atoms with van der Waals surface area (Å²) in [5.41, 5.74) is 4.01. The maximum Gasteiger partial charge on any atom is 0.323 e. The fourth-order valence-corrected chi connectivity index (χ4v) is 4.53. The van der Waals surface area contributed by atoms with Crippen LogP contribution in [0.5, 0.6) is 5.75 Å². The molecule has 3 aromatic rings. The number of nitrogens with zero attached hydrogens (tertiary/aromatic N) is 2. The van der Waals surface area contributed by atoms with Crippen LogP contribution in [0.15, 0.2) is 109 Å². The van der Waals surface area contributed by atoms with E-state index in [1.165, 1.54) is 18.9 Å². The molecule has 1 aliphatic heterocycles. The minimum atomic E-state index is -0.920. The van der Waals surface area contributed by atoms with Crippen molar-refractivity contribution in [2.45, 2.75) is 26.3 Å². The van der Waals surface area contributed by atoms with Crippen molar-refractivity contribution >= 4 is 35.0 Å². The van der Waals surface area contributed by atoms with Crippen LogP contribution < -0.4 is 20.3 Å². The summed E-state index contributed by atoms with van der Waals surface area (Å²) in [7, 11) is 1.49. The van der Waals surface area contributed by atoms with Crippen molar-refractivity contribution in [2.24, 2.45) is 0 Å². The van der Waals surface area contributed by atoms with Gasteiger partial charge in [-0.05, 0) is 54.5 Å². The lowest BCUT2D eigenvalue weighted by Gasteiger charge is -2.27. The van der Waals surface area contributed by atoms with Gasteiger partial charge in [0.05, 0.1) is 36.6 Å². The molecule has 0 bridgehead atoms. The first-order chi connectivity index (χ1) is 19.8. The van der Waals surface area contributed by atoms with Gasteiger partial charge in [-0.1, -0.05) is 48.5 Å². The third-order valence-corrected chi connectivity index (χ3v) is 6.51. The highest BCUT2D eigenvalue weighted by molar-refractivity contribution is 6.02. The van der Waals surface area contributed by atoms with Gasteiger partial charge in [-0.2, -0.15) is 0 Å². The second-order valence-corrected chi connectivity index (χ2v) is 9.35. The van der Waals surface area contributed by atoms with Gasteiger partial charge in [-0.3, -0.25) is 14.5 Å². The highest BCUT2D eigenvalue weighted by Crippen LogP contribution is 2.33. The Bertz CT molecular complexity index is 1510. The molecule has 0 saturated carbocycles. The molecular weight excluding hydrogens is 520 g/mol. The maximum absolute atomic E-state index is 12.9. The van der Waals surface area contributed by atoms with Gasteiger partial charge in [0.2, 0.25) is 5.91 Å². The van der Waals surface area contributed by atoms with E-state index in [0.717, 1.165) is 11.1 Å². The maximum atomic E-state index is 12.9. The van der Waals surface area contributed by atoms with Gasteiger partial charge in [-0.15, -0.1) is 0 Å². The number of rotatable bonds is 9. The molecule has 9 heteroatoms. The molecule has 0 radical (unpaired) electrons. The number of carbonyl (C=O) groups is 3. The summed E-state index contributed by atoms with van der Waals surface area (Å²) in [5, 5.41) is 15.2. The Labute approximate surface area is 239 Å². The first-order valence-corrected chi connectivity index (χ1v) is 13.0. The van der Waals surface area contributed by atoms with Gasteiger partial charge < -0.3 is 25.4 Å². The molecule has 0 aromatic heterocycles. The van der Waals surface area contributed by atoms with E-state index in [4.69, 9.17) is 4.74 Å². The van der Waals surface area contributed by atoms with Crippen LogP contribution >= 0.6 is 0 Å². The van der Waals surface area contributed by atoms with E-state index in [0.29, 0.717) is 28.5 Å². The number of urea groups is 1. The van der Waals surface area contributed by atoms with Crippen molar-refractivity contribution in [3.05, 3.63) is 120 Å². The quantitative estimate of drug-likeness (QED) is 0.282. The summed E-state index contributed by atoms with van der Waals surface area (Å²) >= 11 is 0. The van der Waals surface area contributed by atoms with E-state index in [2.05, 4.69) is 10.6 Å². The number of allylic oxidation sites excluding steroid dienone is 3. The second kappa shape index (κ2) is 13.2. The number of benzene rings is 3. The fourth-order valence-electron chi connectivity index (χ4n) is 4.53. The van der Waals surface area contributed by atoms with E-state index < -0.39 is 18.0 Å². The SMILES string of the molecule is COc1cc(N(C(C)=O)C2=CC=CN(C(CC(=O)O)c3ccccc3)C=C2)ccc1NC(=O)Nc1ccccc1C. The number of hydrogen-bond acceptors (Lipinski definition) is 5. The highest BCUT2D eigenvalue weighted by Gasteiger charge is 2.22. The third kappa shape index (κ3) is 7.21. The lowest BCUT2D eigenvalue weighted by Crippen LogP contribution is -2.27. The lowest BCUT2D eigenvalue weighted by atomic mass is 10.0. The van der Waals surface area contributed by atoms with E-state index in [-0.39, 0.29) is 12.3 Å². The predicted octanol–water partition coefficient (Wildman–Crippen LogP) is 6.44. The standard InChI is InChI=1S/C32H32N4O5/c1-22-10-7-8-14-27(22)33-32(40)34-28-16-15-26(20-30(28)41-3)36(23(2)37)25-13-9-18-35(19-17-25)29(21-31(38)39)24-11-5-4-6-12-24/h4-20,29H,21H2,1-3H3,(H,38,39)(H2,33,34,40). The predicted molar refractivity (Wildman–Crippen MR) is 160 cm³/mol. The van der Waals surface area contributed by atoms with Crippen LogP contribution in [0.2, 0.25) is 0 Å². The van der Waals surface area contributed by atoms with Crippen molar-refractivity contribution in [3.63, 3.8) is 0 Å². The first-order valence-electron chi connectivity index (χ1n) is 13.0. The molecule has 1 unspecified atom stereocenters. The molecule has 1 heterocycles. The zero-order chi connectivity index (χ0) is 29.4. The van der Waals surface area contributed by atoms with Crippen molar-refractivity contribution in [3.8, 4) is 5.75 Å².